The van der Waals surface area contributed by atoms with Crippen LogP contribution >= 0.6 is 23.2 Å². The summed E-state index contributed by atoms with van der Waals surface area (Å²) in [7, 11) is -4.17. The number of sulfonamides is 1. The van der Waals surface area contributed by atoms with Gasteiger partial charge < -0.3 is 10.2 Å². The second-order valence-corrected chi connectivity index (χ2v) is 11.9. The van der Waals surface area contributed by atoms with Gasteiger partial charge in [0.1, 0.15) is 12.6 Å². The lowest BCUT2D eigenvalue weighted by Crippen LogP contribution is -2.51. The lowest BCUT2D eigenvalue weighted by molar-refractivity contribution is -0.139. The Morgan fingerprint density at radius 3 is 2.05 bits per heavy atom. The second kappa shape index (κ2) is 13.1. The van der Waals surface area contributed by atoms with Crippen LogP contribution in [0.5, 0.6) is 0 Å². The van der Waals surface area contributed by atoms with Crippen LogP contribution in [0.3, 0.4) is 0 Å². The largest absolute Gasteiger partial charge is 0.354 e. The molecular formula is C28H31Cl2N3O4S. The van der Waals surface area contributed by atoms with Crippen LogP contribution in [-0.4, -0.2) is 44.3 Å². The molecule has 1 atom stereocenters. The molecular weight excluding hydrogens is 545 g/mol. The third-order valence-corrected chi connectivity index (χ3v) is 8.38. The fraction of sp³-hybridized carbons (Fsp3) is 0.286. The molecule has 10 heteroatoms. The van der Waals surface area contributed by atoms with Crippen LogP contribution < -0.4 is 9.62 Å². The van der Waals surface area contributed by atoms with Gasteiger partial charge in [0, 0.05) is 13.1 Å². The van der Waals surface area contributed by atoms with Crippen LogP contribution in [0.15, 0.2) is 83.8 Å². The van der Waals surface area contributed by atoms with Crippen LogP contribution in [0.1, 0.15) is 26.3 Å². The van der Waals surface area contributed by atoms with Crippen molar-refractivity contribution in [1.29, 1.82) is 0 Å². The van der Waals surface area contributed by atoms with Gasteiger partial charge in [0.2, 0.25) is 11.8 Å². The highest BCUT2D eigenvalue weighted by atomic mass is 35.5. The molecule has 0 aromatic heterocycles. The maximum atomic E-state index is 13.8. The van der Waals surface area contributed by atoms with Crippen LogP contribution in [0.4, 0.5) is 5.69 Å². The maximum absolute atomic E-state index is 13.8. The predicted molar refractivity (Wildman–Crippen MR) is 152 cm³/mol. The molecule has 0 aliphatic heterocycles. The van der Waals surface area contributed by atoms with E-state index in [1.165, 1.54) is 35.2 Å². The number of nitrogens with zero attached hydrogens (tertiary/aromatic N) is 2. The summed E-state index contributed by atoms with van der Waals surface area (Å²) >= 11 is 12.3. The molecule has 0 aliphatic carbocycles. The van der Waals surface area contributed by atoms with Crippen molar-refractivity contribution in [3.8, 4) is 0 Å². The molecule has 0 spiro atoms. The molecule has 0 aliphatic rings. The van der Waals surface area contributed by atoms with Gasteiger partial charge in [-0.3, -0.25) is 13.9 Å². The topological polar surface area (TPSA) is 86.8 Å². The van der Waals surface area contributed by atoms with Crippen LogP contribution in [0.25, 0.3) is 0 Å². The number of anilines is 1. The van der Waals surface area contributed by atoms with Gasteiger partial charge in [0.05, 0.1) is 20.6 Å². The average Bonchev–Trinajstić information content (AvgIpc) is 2.91. The first-order valence-corrected chi connectivity index (χ1v) is 14.3. The van der Waals surface area contributed by atoms with Crippen molar-refractivity contribution < 1.29 is 18.0 Å². The van der Waals surface area contributed by atoms with Gasteiger partial charge in [0.15, 0.2) is 0 Å². The summed E-state index contributed by atoms with van der Waals surface area (Å²) in [5, 5.41) is 3.26. The van der Waals surface area contributed by atoms with Crippen LogP contribution in [0, 0.1) is 5.92 Å². The Bertz CT molecular complexity index is 1350. The molecule has 1 unspecified atom stereocenters. The second-order valence-electron chi connectivity index (χ2n) is 9.25. The van der Waals surface area contributed by atoms with E-state index in [1.807, 2.05) is 44.2 Å². The minimum Gasteiger partial charge on any atom is -0.354 e. The molecule has 1 N–H and O–H groups in total. The molecule has 38 heavy (non-hydrogen) atoms. The van der Waals surface area contributed by atoms with Crippen LogP contribution in [-0.2, 0) is 26.2 Å². The Labute approximate surface area is 234 Å². The number of nitrogens with one attached hydrogen (secondary N) is 1. The summed E-state index contributed by atoms with van der Waals surface area (Å²) in [6.45, 7) is 5.60. The zero-order chi connectivity index (χ0) is 27.9. The van der Waals surface area contributed by atoms with Gasteiger partial charge in [-0.05, 0) is 48.7 Å². The Kier molecular flexibility index (Phi) is 10.2. The van der Waals surface area contributed by atoms with Crippen molar-refractivity contribution in [2.75, 3.05) is 17.4 Å². The molecule has 0 fully saturated rings. The average molecular weight is 577 g/mol. The van der Waals surface area contributed by atoms with E-state index in [9.17, 15) is 18.0 Å². The molecule has 3 rings (SSSR count). The van der Waals surface area contributed by atoms with E-state index in [1.54, 1.807) is 25.1 Å². The third-order valence-electron chi connectivity index (χ3n) is 5.85. The molecule has 3 aromatic carbocycles. The normalized spacial score (nSPS) is 12.2. The minimum atomic E-state index is -4.17. The highest BCUT2D eigenvalue weighted by Crippen LogP contribution is 2.30. The molecule has 202 valence electrons. The van der Waals surface area contributed by atoms with E-state index in [2.05, 4.69) is 5.32 Å². The molecule has 0 bridgehead atoms. The molecule has 7 nitrogen and oxygen atoms in total. The zero-order valence-corrected chi connectivity index (χ0v) is 23.8. The quantitative estimate of drug-likeness (QED) is 0.332. The number of benzene rings is 3. The molecule has 2 amide bonds. The van der Waals surface area contributed by atoms with Crippen molar-refractivity contribution in [2.24, 2.45) is 5.92 Å². The number of rotatable bonds is 11. The molecule has 0 heterocycles. The van der Waals surface area contributed by atoms with Crippen molar-refractivity contribution in [3.63, 3.8) is 0 Å². The van der Waals surface area contributed by atoms with Gasteiger partial charge in [-0.15, -0.1) is 0 Å². The van der Waals surface area contributed by atoms with E-state index >= 15 is 0 Å². The highest BCUT2D eigenvalue weighted by molar-refractivity contribution is 7.92. The van der Waals surface area contributed by atoms with Crippen LogP contribution in [0.2, 0.25) is 10.0 Å². The summed E-state index contributed by atoms with van der Waals surface area (Å²) in [5.74, 6) is -0.646. The molecule has 0 radical (unpaired) electrons. The summed E-state index contributed by atoms with van der Waals surface area (Å²) in [4.78, 5) is 28.2. The smallest absolute Gasteiger partial charge is 0.264 e. The minimum absolute atomic E-state index is 0.0104. The van der Waals surface area contributed by atoms with E-state index in [0.29, 0.717) is 6.54 Å². The first-order valence-electron chi connectivity index (χ1n) is 12.1. The number of carbonyl (C=O) groups excluding carboxylic acids is 2. The molecule has 3 aromatic rings. The summed E-state index contributed by atoms with van der Waals surface area (Å²) in [5.41, 5.74) is 0.976. The highest BCUT2D eigenvalue weighted by Gasteiger charge is 2.32. The van der Waals surface area contributed by atoms with Crippen molar-refractivity contribution in [2.45, 2.75) is 38.3 Å². The Morgan fingerprint density at radius 1 is 0.868 bits per heavy atom. The Balaban J connectivity index is 2.01. The lowest BCUT2D eigenvalue weighted by atomic mass is 10.1. The Morgan fingerprint density at radius 2 is 1.47 bits per heavy atom. The van der Waals surface area contributed by atoms with Crippen molar-refractivity contribution >= 4 is 50.7 Å². The number of hydrogen-bond donors (Lipinski definition) is 1. The first-order chi connectivity index (χ1) is 18.0. The van der Waals surface area contributed by atoms with E-state index < -0.39 is 28.5 Å². The van der Waals surface area contributed by atoms with E-state index in [-0.39, 0.29) is 39.0 Å². The standard InChI is InChI=1S/C28H31Cl2N3O4S/c1-20(2)17-31-28(35)21(3)32(18-22-10-6-4-7-11-22)27(34)19-33(23-14-15-25(29)26(30)16-23)38(36,37)24-12-8-5-9-13-24/h4-16,20-21H,17-19H2,1-3H3,(H,31,35). The van der Waals surface area contributed by atoms with Gasteiger partial charge >= 0.3 is 0 Å². The lowest BCUT2D eigenvalue weighted by Gasteiger charge is -2.32. The van der Waals surface area contributed by atoms with E-state index in [0.717, 1.165) is 9.87 Å². The summed E-state index contributed by atoms with van der Waals surface area (Å²) in [6.07, 6.45) is 0. The zero-order valence-electron chi connectivity index (χ0n) is 21.5. The monoisotopic (exact) mass is 575 g/mol. The Hall–Kier alpha value is -3.07. The third kappa shape index (κ3) is 7.49. The van der Waals surface area contributed by atoms with Gasteiger partial charge in [-0.2, -0.15) is 0 Å². The summed E-state index contributed by atoms with van der Waals surface area (Å²) in [6, 6.07) is 20.5. The fourth-order valence-corrected chi connectivity index (χ4v) is 5.42. The summed E-state index contributed by atoms with van der Waals surface area (Å²) < 4.78 is 28.4. The van der Waals surface area contributed by atoms with Gasteiger partial charge in [-0.25, -0.2) is 8.42 Å². The van der Waals surface area contributed by atoms with Crippen molar-refractivity contribution in [3.05, 3.63) is 94.5 Å². The predicted octanol–water partition coefficient (Wildman–Crippen LogP) is 5.38. The molecule has 0 saturated carbocycles. The number of carbonyl (C=O) groups is 2. The first kappa shape index (κ1) is 29.5. The molecule has 0 saturated heterocycles. The number of halogens is 2. The fourth-order valence-electron chi connectivity index (χ4n) is 3.70. The van der Waals surface area contributed by atoms with Crippen molar-refractivity contribution in [1.82, 2.24) is 10.2 Å². The maximum Gasteiger partial charge on any atom is 0.264 e. The van der Waals surface area contributed by atoms with Gasteiger partial charge in [0.25, 0.3) is 10.0 Å². The number of amides is 2. The SMILES string of the molecule is CC(C)CNC(=O)C(C)N(Cc1ccccc1)C(=O)CN(c1ccc(Cl)c(Cl)c1)S(=O)(=O)c1ccccc1. The van der Waals surface area contributed by atoms with E-state index in [4.69, 9.17) is 23.2 Å². The van der Waals surface area contributed by atoms with Gasteiger partial charge in [-0.1, -0.05) is 85.6 Å². The number of hydrogen-bond acceptors (Lipinski definition) is 4.